The number of fused-ring (bicyclic) bond motifs is 1. The van der Waals surface area contributed by atoms with Crippen molar-refractivity contribution in [3.63, 3.8) is 0 Å². The number of nitrogens with one attached hydrogen (secondary N) is 1. The van der Waals surface area contributed by atoms with E-state index in [1.54, 1.807) is 10.6 Å². The van der Waals surface area contributed by atoms with E-state index in [0.29, 0.717) is 11.0 Å². The van der Waals surface area contributed by atoms with E-state index in [1.807, 2.05) is 6.07 Å². The van der Waals surface area contributed by atoms with Crippen molar-refractivity contribution in [2.45, 2.75) is 38.1 Å². The van der Waals surface area contributed by atoms with Crippen LogP contribution in [0.4, 0.5) is 0 Å². The van der Waals surface area contributed by atoms with Crippen LogP contribution in [-0.2, 0) is 5.54 Å². The van der Waals surface area contributed by atoms with Crippen molar-refractivity contribution < 1.29 is 9.90 Å². The van der Waals surface area contributed by atoms with Crippen LogP contribution >= 0.6 is 0 Å². The van der Waals surface area contributed by atoms with Gasteiger partial charge >= 0.3 is 11.7 Å². The number of para-hydroxylation sites is 1. The Kier molecular flexibility index (Phi) is 2.52. The minimum atomic E-state index is -1.02. The van der Waals surface area contributed by atoms with Crippen LogP contribution in [0.15, 0.2) is 23.0 Å². The van der Waals surface area contributed by atoms with Gasteiger partial charge in [-0.15, -0.1) is 0 Å². The normalized spacial score (nSPS) is 17.9. The Balaban J connectivity index is 2.32. The summed E-state index contributed by atoms with van der Waals surface area (Å²) in [5.41, 5.74) is 0.845. The first-order valence-electron chi connectivity index (χ1n) is 6.50. The average Bonchev–Trinajstić information content (AvgIpc) is 2.91. The number of benzene rings is 1. The zero-order valence-electron chi connectivity index (χ0n) is 10.8. The highest BCUT2D eigenvalue weighted by Crippen LogP contribution is 2.37. The lowest BCUT2D eigenvalue weighted by atomic mass is 10.00. The van der Waals surface area contributed by atoms with E-state index in [0.717, 1.165) is 25.7 Å². The van der Waals surface area contributed by atoms with Crippen LogP contribution in [0.1, 0.15) is 43.0 Å². The van der Waals surface area contributed by atoms with E-state index < -0.39 is 5.97 Å². The van der Waals surface area contributed by atoms with E-state index in [1.165, 1.54) is 6.07 Å². The molecule has 1 aliphatic rings. The maximum Gasteiger partial charge on any atom is 0.337 e. The first kappa shape index (κ1) is 12.0. The highest BCUT2D eigenvalue weighted by Gasteiger charge is 2.33. The van der Waals surface area contributed by atoms with Crippen LogP contribution in [-0.4, -0.2) is 20.6 Å². The SMILES string of the molecule is CC1(n2c(=O)[nH]c3c(C(=O)O)cccc32)CCCC1. The zero-order chi connectivity index (χ0) is 13.6. The predicted octanol–water partition coefficient (Wildman–Crippen LogP) is 2.32. The molecule has 5 nitrogen and oxygen atoms in total. The van der Waals surface area contributed by atoms with Gasteiger partial charge in [-0.1, -0.05) is 18.9 Å². The molecule has 0 amide bonds. The number of aromatic amines is 1. The summed E-state index contributed by atoms with van der Waals surface area (Å²) in [6, 6.07) is 5.01. The Labute approximate surface area is 109 Å². The van der Waals surface area contributed by atoms with Crippen molar-refractivity contribution in [3.8, 4) is 0 Å². The Morgan fingerprint density at radius 1 is 1.37 bits per heavy atom. The van der Waals surface area contributed by atoms with E-state index in [4.69, 9.17) is 0 Å². The lowest BCUT2D eigenvalue weighted by Crippen LogP contribution is -2.34. The number of H-pyrrole nitrogens is 1. The Morgan fingerprint density at radius 3 is 2.68 bits per heavy atom. The van der Waals surface area contributed by atoms with E-state index >= 15 is 0 Å². The van der Waals surface area contributed by atoms with E-state index in [9.17, 15) is 14.7 Å². The molecule has 19 heavy (non-hydrogen) atoms. The molecule has 0 spiro atoms. The highest BCUT2D eigenvalue weighted by atomic mass is 16.4. The van der Waals surface area contributed by atoms with Crippen molar-refractivity contribution in [1.29, 1.82) is 0 Å². The Hall–Kier alpha value is -2.04. The molecule has 100 valence electrons. The van der Waals surface area contributed by atoms with Crippen LogP contribution in [0, 0.1) is 0 Å². The monoisotopic (exact) mass is 260 g/mol. The minimum Gasteiger partial charge on any atom is -0.478 e. The van der Waals surface area contributed by atoms with Crippen LogP contribution in [0.25, 0.3) is 11.0 Å². The van der Waals surface area contributed by atoms with Gasteiger partial charge in [-0.05, 0) is 31.9 Å². The van der Waals surface area contributed by atoms with Crippen LogP contribution < -0.4 is 5.69 Å². The molecule has 2 N–H and O–H groups in total. The third-order valence-electron chi connectivity index (χ3n) is 4.17. The van der Waals surface area contributed by atoms with E-state index in [-0.39, 0.29) is 16.8 Å². The topological polar surface area (TPSA) is 75.1 Å². The molecule has 1 saturated carbocycles. The van der Waals surface area contributed by atoms with Gasteiger partial charge in [-0.25, -0.2) is 9.59 Å². The second-order valence-corrected chi connectivity index (χ2v) is 5.47. The zero-order valence-corrected chi connectivity index (χ0v) is 10.8. The molecule has 2 aromatic rings. The maximum atomic E-state index is 12.2. The summed E-state index contributed by atoms with van der Waals surface area (Å²) in [4.78, 5) is 26.1. The number of aromatic nitrogens is 2. The summed E-state index contributed by atoms with van der Waals surface area (Å²) in [6.07, 6.45) is 4.12. The molecule has 0 unspecified atom stereocenters. The largest absolute Gasteiger partial charge is 0.478 e. The minimum absolute atomic E-state index is 0.148. The van der Waals surface area contributed by atoms with Gasteiger partial charge in [-0.2, -0.15) is 0 Å². The number of carboxylic acid groups (broad SMARTS) is 1. The van der Waals surface area contributed by atoms with Crippen molar-refractivity contribution in [2.75, 3.05) is 0 Å². The van der Waals surface area contributed by atoms with Gasteiger partial charge in [0.05, 0.1) is 16.6 Å². The second kappa shape index (κ2) is 3.98. The predicted molar refractivity (Wildman–Crippen MR) is 71.6 cm³/mol. The summed E-state index contributed by atoms with van der Waals surface area (Å²) >= 11 is 0. The fourth-order valence-corrected chi connectivity index (χ4v) is 3.20. The number of imidazole rings is 1. The molecule has 5 heteroatoms. The molecule has 0 radical (unpaired) electrons. The van der Waals surface area contributed by atoms with Gasteiger partial charge < -0.3 is 10.1 Å². The highest BCUT2D eigenvalue weighted by molar-refractivity contribution is 6.00. The molecule has 1 aromatic carbocycles. The molecule has 0 atom stereocenters. The summed E-state index contributed by atoms with van der Waals surface area (Å²) in [5.74, 6) is -1.02. The Morgan fingerprint density at radius 2 is 2.05 bits per heavy atom. The van der Waals surface area contributed by atoms with Gasteiger partial charge in [0.15, 0.2) is 0 Å². The maximum absolute atomic E-state index is 12.2. The molecule has 1 aromatic heterocycles. The van der Waals surface area contributed by atoms with Gasteiger partial charge in [0, 0.05) is 5.54 Å². The van der Waals surface area contributed by atoms with Gasteiger partial charge in [0.1, 0.15) is 0 Å². The number of hydrogen-bond acceptors (Lipinski definition) is 2. The number of hydrogen-bond donors (Lipinski definition) is 2. The van der Waals surface area contributed by atoms with Crippen LogP contribution in [0.5, 0.6) is 0 Å². The van der Waals surface area contributed by atoms with E-state index in [2.05, 4.69) is 11.9 Å². The number of carbonyl (C=O) groups is 1. The first-order chi connectivity index (χ1) is 9.03. The third kappa shape index (κ3) is 1.69. The summed E-state index contributed by atoms with van der Waals surface area (Å²) in [6.45, 7) is 2.07. The molecular weight excluding hydrogens is 244 g/mol. The standard InChI is InChI=1S/C14H16N2O3/c1-14(7-2-3-8-14)16-10-6-4-5-9(12(17)18)11(10)15-13(16)19/h4-6H,2-3,7-8H2,1H3,(H,15,19)(H,17,18). The molecule has 0 saturated heterocycles. The smallest absolute Gasteiger partial charge is 0.337 e. The molecule has 3 rings (SSSR count). The van der Waals surface area contributed by atoms with Crippen molar-refractivity contribution in [1.82, 2.24) is 9.55 Å². The summed E-state index contributed by atoms with van der Waals surface area (Å²) in [5, 5.41) is 9.18. The summed E-state index contributed by atoms with van der Waals surface area (Å²) < 4.78 is 1.74. The molecule has 0 aliphatic heterocycles. The lowest BCUT2D eigenvalue weighted by molar-refractivity contribution is 0.0699. The fraction of sp³-hybridized carbons (Fsp3) is 0.429. The quantitative estimate of drug-likeness (QED) is 0.870. The number of rotatable bonds is 2. The number of nitrogens with zero attached hydrogens (tertiary/aromatic N) is 1. The molecule has 1 fully saturated rings. The Bertz CT molecular complexity index is 705. The molecule has 1 aliphatic carbocycles. The van der Waals surface area contributed by atoms with Crippen molar-refractivity contribution in [2.24, 2.45) is 0 Å². The molecule has 1 heterocycles. The third-order valence-corrected chi connectivity index (χ3v) is 4.17. The second-order valence-electron chi connectivity index (χ2n) is 5.47. The van der Waals surface area contributed by atoms with Gasteiger partial charge in [0.2, 0.25) is 0 Å². The summed E-state index contributed by atoms with van der Waals surface area (Å²) in [7, 11) is 0. The van der Waals surface area contributed by atoms with Gasteiger partial charge in [-0.3, -0.25) is 4.57 Å². The molecule has 0 bridgehead atoms. The van der Waals surface area contributed by atoms with Crippen LogP contribution in [0.2, 0.25) is 0 Å². The number of carboxylic acids is 1. The molecular formula is C14H16N2O3. The first-order valence-corrected chi connectivity index (χ1v) is 6.50. The fourth-order valence-electron chi connectivity index (χ4n) is 3.20. The average molecular weight is 260 g/mol. The number of aromatic carboxylic acids is 1. The van der Waals surface area contributed by atoms with Crippen molar-refractivity contribution >= 4 is 17.0 Å². The van der Waals surface area contributed by atoms with Crippen LogP contribution in [0.3, 0.4) is 0 Å². The van der Waals surface area contributed by atoms with Crippen molar-refractivity contribution in [3.05, 3.63) is 34.2 Å². The van der Waals surface area contributed by atoms with Gasteiger partial charge in [0.25, 0.3) is 0 Å². The lowest BCUT2D eigenvalue weighted by Gasteiger charge is -2.25.